The summed E-state index contributed by atoms with van der Waals surface area (Å²) in [5, 5.41) is 0. The van der Waals surface area contributed by atoms with Crippen LogP contribution in [0.3, 0.4) is 0 Å². The van der Waals surface area contributed by atoms with Crippen molar-refractivity contribution < 1.29 is 0 Å². The number of hydrogen-bond acceptors (Lipinski definition) is 1. The standard InChI is InChI=1S/C19H23N/c1-2-3-5-14-8-10-15(11-9-14)16-6-4-7-18-17(16)12-13-19(18)20/h4,6-11,19H,2-3,5,12-13,20H2,1H3. The van der Waals surface area contributed by atoms with Crippen LogP contribution in [-0.2, 0) is 12.8 Å². The van der Waals surface area contributed by atoms with E-state index in [4.69, 9.17) is 5.73 Å². The van der Waals surface area contributed by atoms with Crippen LogP contribution in [-0.4, -0.2) is 0 Å². The minimum absolute atomic E-state index is 0.230. The molecule has 0 fully saturated rings. The first kappa shape index (κ1) is 13.4. The van der Waals surface area contributed by atoms with E-state index < -0.39 is 0 Å². The Hall–Kier alpha value is -1.60. The van der Waals surface area contributed by atoms with Gasteiger partial charge in [0.2, 0.25) is 0 Å². The zero-order valence-electron chi connectivity index (χ0n) is 12.2. The van der Waals surface area contributed by atoms with Crippen molar-refractivity contribution in [2.75, 3.05) is 0 Å². The van der Waals surface area contributed by atoms with Gasteiger partial charge in [0.15, 0.2) is 0 Å². The van der Waals surface area contributed by atoms with Crippen molar-refractivity contribution in [1.29, 1.82) is 0 Å². The molecule has 3 rings (SSSR count). The molecule has 0 spiro atoms. The van der Waals surface area contributed by atoms with Crippen LogP contribution in [0.5, 0.6) is 0 Å². The predicted octanol–water partition coefficient (Wildman–Crippen LogP) is 4.64. The summed E-state index contributed by atoms with van der Waals surface area (Å²) in [6.45, 7) is 2.24. The van der Waals surface area contributed by atoms with E-state index in [0.29, 0.717) is 0 Å². The Kier molecular flexibility index (Phi) is 3.88. The Bertz CT molecular complexity index is 583. The summed E-state index contributed by atoms with van der Waals surface area (Å²) in [5.74, 6) is 0. The van der Waals surface area contributed by atoms with Gasteiger partial charge in [-0.05, 0) is 53.5 Å². The summed E-state index contributed by atoms with van der Waals surface area (Å²) in [4.78, 5) is 0. The molecule has 2 aromatic rings. The first-order valence-electron chi connectivity index (χ1n) is 7.76. The van der Waals surface area contributed by atoms with Crippen LogP contribution < -0.4 is 5.73 Å². The molecule has 1 unspecified atom stereocenters. The third kappa shape index (κ3) is 2.51. The highest BCUT2D eigenvalue weighted by Gasteiger charge is 2.21. The second-order valence-electron chi connectivity index (χ2n) is 5.82. The van der Waals surface area contributed by atoms with Gasteiger partial charge in [-0.2, -0.15) is 0 Å². The van der Waals surface area contributed by atoms with E-state index in [9.17, 15) is 0 Å². The smallest absolute Gasteiger partial charge is 0.0300 e. The van der Waals surface area contributed by atoms with Gasteiger partial charge in [0.1, 0.15) is 0 Å². The average Bonchev–Trinajstić information content (AvgIpc) is 2.87. The lowest BCUT2D eigenvalue weighted by atomic mass is 9.95. The maximum atomic E-state index is 6.17. The van der Waals surface area contributed by atoms with Crippen molar-refractivity contribution in [2.45, 2.75) is 45.1 Å². The first-order valence-corrected chi connectivity index (χ1v) is 7.76. The SMILES string of the molecule is CCCCc1ccc(-c2cccc3c2CCC3N)cc1. The van der Waals surface area contributed by atoms with Crippen molar-refractivity contribution in [1.82, 2.24) is 0 Å². The quantitative estimate of drug-likeness (QED) is 0.856. The van der Waals surface area contributed by atoms with Gasteiger partial charge < -0.3 is 5.73 Å². The highest BCUT2D eigenvalue weighted by atomic mass is 14.6. The van der Waals surface area contributed by atoms with Gasteiger partial charge >= 0.3 is 0 Å². The van der Waals surface area contributed by atoms with Crippen molar-refractivity contribution in [3.05, 3.63) is 59.2 Å². The molecule has 0 bridgehead atoms. The highest BCUT2D eigenvalue weighted by molar-refractivity contribution is 5.70. The molecule has 1 nitrogen and oxygen atoms in total. The van der Waals surface area contributed by atoms with Gasteiger partial charge in [0.05, 0.1) is 0 Å². The lowest BCUT2D eigenvalue weighted by Crippen LogP contribution is -2.04. The number of unbranched alkanes of at least 4 members (excludes halogenated alkanes) is 1. The molecule has 20 heavy (non-hydrogen) atoms. The molecule has 1 aliphatic rings. The van der Waals surface area contributed by atoms with E-state index in [0.717, 1.165) is 12.8 Å². The maximum absolute atomic E-state index is 6.17. The van der Waals surface area contributed by atoms with Gasteiger partial charge in [-0.1, -0.05) is 55.8 Å². The predicted molar refractivity (Wildman–Crippen MR) is 85.7 cm³/mol. The van der Waals surface area contributed by atoms with Crippen molar-refractivity contribution in [3.8, 4) is 11.1 Å². The zero-order valence-corrected chi connectivity index (χ0v) is 12.2. The molecule has 1 atom stereocenters. The minimum Gasteiger partial charge on any atom is -0.324 e. The fraction of sp³-hybridized carbons (Fsp3) is 0.368. The third-order valence-corrected chi connectivity index (χ3v) is 4.40. The van der Waals surface area contributed by atoms with Gasteiger partial charge in [-0.3, -0.25) is 0 Å². The summed E-state index contributed by atoms with van der Waals surface area (Å²) in [6, 6.07) is 15.9. The van der Waals surface area contributed by atoms with Gasteiger partial charge in [0.25, 0.3) is 0 Å². The normalized spacial score (nSPS) is 17.2. The van der Waals surface area contributed by atoms with E-state index >= 15 is 0 Å². The number of fused-ring (bicyclic) bond motifs is 1. The molecule has 0 aromatic heterocycles. The fourth-order valence-electron chi connectivity index (χ4n) is 3.19. The highest BCUT2D eigenvalue weighted by Crippen LogP contribution is 2.36. The summed E-state index contributed by atoms with van der Waals surface area (Å²) >= 11 is 0. The van der Waals surface area contributed by atoms with E-state index in [-0.39, 0.29) is 6.04 Å². The van der Waals surface area contributed by atoms with Crippen LogP contribution >= 0.6 is 0 Å². The lowest BCUT2D eigenvalue weighted by Gasteiger charge is -2.11. The van der Waals surface area contributed by atoms with Crippen molar-refractivity contribution in [3.63, 3.8) is 0 Å². The monoisotopic (exact) mass is 265 g/mol. The number of nitrogens with two attached hydrogens (primary N) is 1. The second kappa shape index (κ2) is 5.80. The molecule has 104 valence electrons. The molecule has 0 radical (unpaired) electrons. The van der Waals surface area contributed by atoms with E-state index in [1.807, 2.05) is 0 Å². The molecule has 1 aliphatic carbocycles. The van der Waals surface area contributed by atoms with Gasteiger partial charge in [0, 0.05) is 6.04 Å². The molecule has 1 heteroatoms. The molecular weight excluding hydrogens is 242 g/mol. The summed E-state index contributed by atoms with van der Waals surface area (Å²) < 4.78 is 0. The summed E-state index contributed by atoms with van der Waals surface area (Å²) in [6.07, 6.45) is 5.92. The van der Waals surface area contributed by atoms with Crippen LogP contribution in [0.4, 0.5) is 0 Å². The first-order chi connectivity index (χ1) is 9.79. The van der Waals surface area contributed by atoms with Crippen molar-refractivity contribution in [2.24, 2.45) is 5.73 Å². The molecule has 0 saturated carbocycles. The number of hydrogen-bond donors (Lipinski definition) is 1. The van der Waals surface area contributed by atoms with Gasteiger partial charge in [-0.25, -0.2) is 0 Å². The molecule has 0 saturated heterocycles. The van der Waals surface area contributed by atoms with Gasteiger partial charge in [-0.15, -0.1) is 0 Å². The molecule has 2 aromatic carbocycles. The van der Waals surface area contributed by atoms with Crippen LogP contribution in [0.2, 0.25) is 0 Å². The molecular formula is C19H23N. The number of rotatable bonds is 4. The average molecular weight is 265 g/mol. The third-order valence-electron chi connectivity index (χ3n) is 4.40. The Morgan fingerprint density at radius 3 is 2.65 bits per heavy atom. The second-order valence-corrected chi connectivity index (χ2v) is 5.82. The van der Waals surface area contributed by atoms with Crippen LogP contribution in [0, 0.1) is 0 Å². The molecule has 0 aliphatic heterocycles. The Labute approximate surface area is 121 Å². The minimum atomic E-state index is 0.230. The Balaban J connectivity index is 1.90. The summed E-state index contributed by atoms with van der Waals surface area (Å²) in [5.41, 5.74) is 13.1. The van der Waals surface area contributed by atoms with E-state index in [2.05, 4.69) is 49.4 Å². The van der Waals surface area contributed by atoms with Crippen LogP contribution in [0.25, 0.3) is 11.1 Å². The summed E-state index contributed by atoms with van der Waals surface area (Å²) in [7, 11) is 0. The molecule has 0 heterocycles. The number of benzene rings is 2. The zero-order chi connectivity index (χ0) is 13.9. The molecule has 2 N–H and O–H groups in total. The fourth-order valence-corrected chi connectivity index (χ4v) is 3.19. The lowest BCUT2D eigenvalue weighted by molar-refractivity contribution is 0.713. The Morgan fingerprint density at radius 1 is 1.10 bits per heavy atom. The van der Waals surface area contributed by atoms with E-state index in [1.165, 1.54) is 47.1 Å². The largest absolute Gasteiger partial charge is 0.324 e. The van der Waals surface area contributed by atoms with E-state index in [1.54, 1.807) is 0 Å². The molecule has 0 amide bonds. The van der Waals surface area contributed by atoms with Crippen LogP contribution in [0.1, 0.15) is 48.9 Å². The van der Waals surface area contributed by atoms with Crippen LogP contribution in [0.15, 0.2) is 42.5 Å². The Morgan fingerprint density at radius 2 is 1.90 bits per heavy atom. The van der Waals surface area contributed by atoms with Crippen molar-refractivity contribution >= 4 is 0 Å². The topological polar surface area (TPSA) is 26.0 Å². The maximum Gasteiger partial charge on any atom is 0.0300 e. The number of aryl methyl sites for hydroxylation is 1.